The Morgan fingerprint density at radius 1 is 0.561 bits per heavy atom. The van der Waals surface area contributed by atoms with Gasteiger partial charge in [0.15, 0.2) is 6.10 Å². The van der Waals surface area contributed by atoms with Gasteiger partial charge >= 0.3 is 27.6 Å². The third-order valence-electron chi connectivity index (χ3n) is 11.0. The van der Waals surface area contributed by atoms with Gasteiger partial charge in [0.1, 0.15) is 43.2 Å². The maximum atomic E-state index is 13.0. The fourth-order valence-corrected chi connectivity index (χ4v) is 8.70. The Kier molecular flexibility index (Phi) is 35.4. The lowest BCUT2D eigenvalue weighted by atomic mass is 9.85. The lowest BCUT2D eigenvalue weighted by molar-refractivity contribution is -0.216. The molecule has 0 amide bonds. The van der Waals surface area contributed by atoms with Gasteiger partial charge in [-0.15, -0.1) is 0 Å². The van der Waals surface area contributed by atoms with Gasteiger partial charge in [0.2, 0.25) is 0 Å². The van der Waals surface area contributed by atoms with Crippen molar-refractivity contribution in [3.8, 4) is 0 Å². The molecule has 1 fully saturated rings. The number of hydrogen-bond acceptors (Lipinski definition) is 14. The van der Waals surface area contributed by atoms with Crippen LogP contribution in [0.15, 0.2) is 48.6 Å². The number of aliphatic hydroxyl groups excluding tert-OH is 5. The molecule has 0 spiro atoms. The predicted octanol–water partition coefficient (Wildman–Crippen LogP) is 8.26. The van der Waals surface area contributed by atoms with E-state index in [2.05, 4.69) is 24.4 Å². The molecule has 384 valence electrons. The monoisotopic (exact) mass is 983 g/mol. The summed E-state index contributed by atoms with van der Waals surface area (Å²) in [6, 6.07) is 0. The number of phosphoric ester groups is 2. The first kappa shape index (κ1) is 61.9. The van der Waals surface area contributed by atoms with Crippen LogP contribution in [0.1, 0.15) is 174 Å². The van der Waals surface area contributed by atoms with Gasteiger partial charge < -0.3 is 49.7 Å². The average molecular weight is 983 g/mol. The van der Waals surface area contributed by atoms with Crippen molar-refractivity contribution in [2.45, 2.75) is 223 Å². The Morgan fingerprint density at radius 3 is 1.67 bits per heavy atom. The van der Waals surface area contributed by atoms with E-state index in [4.69, 9.17) is 18.5 Å². The van der Waals surface area contributed by atoms with E-state index in [0.29, 0.717) is 32.1 Å². The number of esters is 2. The zero-order chi connectivity index (χ0) is 49.1. The van der Waals surface area contributed by atoms with E-state index in [-0.39, 0.29) is 12.8 Å². The van der Waals surface area contributed by atoms with Crippen molar-refractivity contribution in [2.24, 2.45) is 0 Å². The fraction of sp³-hybridized carbons (Fsp3) is 0.787. The van der Waals surface area contributed by atoms with Crippen LogP contribution in [-0.4, -0.2) is 114 Å². The van der Waals surface area contributed by atoms with Crippen molar-refractivity contribution in [2.75, 3.05) is 13.2 Å². The van der Waals surface area contributed by atoms with Crippen molar-refractivity contribution >= 4 is 27.6 Å². The highest BCUT2D eigenvalue weighted by molar-refractivity contribution is 7.47. The second-order valence-electron chi connectivity index (χ2n) is 17.0. The van der Waals surface area contributed by atoms with Crippen molar-refractivity contribution in [3.63, 3.8) is 0 Å². The van der Waals surface area contributed by atoms with Crippen LogP contribution < -0.4 is 0 Å². The van der Waals surface area contributed by atoms with Crippen LogP contribution in [0.3, 0.4) is 0 Å². The lowest BCUT2D eigenvalue weighted by Crippen LogP contribution is -2.64. The molecule has 5 unspecified atom stereocenters. The zero-order valence-corrected chi connectivity index (χ0v) is 41.3. The highest BCUT2D eigenvalue weighted by atomic mass is 31.2. The highest BCUT2D eigenvalue weighted by Gasteiger charge is 2.54. The third kappa shape index (κ3) is 31.9. The molecule has 0 bridgehead atoms. The number of phosphoric acid groups is 2. The molecule has 17 nitrogen and oxygen atoms in total. The predicted molar refractivity (Wildman–Crippen MR) is 252 cm³/mol. The Morgan fingerprint density at radius 2 is 1.08 bits per heavy atom. The van der Waals surface area contributed by atoms with Crippen LogP contribution in [0, 0.1) is 0 Å². The number of carbonyl (C=O) groups excluding carboxylic acids is 2. The van der Waals surface area contributed by atoms with Crippen LogP contribution in [0.25, 0.3) is 0 Å². The van der Waals surface area contributed by atoms with E-state index in [9.17, 15) is 58.9 Å². The van der Waals surface area contributed by atoms with E-state index < -0.39 is 89.6 Å². The molecule has 1 saturated carbocycles. The lowest BCUT2D eigenvalue weighted by Gasteiger charge is -2.43. The molecule has 9 atom stereocenters. The molecule has 0 aliphatic heterocycles. The fourth-order valence-electron chi connectivity index (χ4n) is 7.16. The van der Waals surface area contributed by atoms with Gasteiger partial charge in [-0.2, -0.15) is 0 Å². The maximum Gasteiger partial charge on any atom is 0.472 e. The number of ether oxygens (including phenoxy) is 2. The summed E-state index contributed by atoms with van der Waals surface area (Å²) in [6.07, 6.45) is 23.8. The molecule has 0 saturated heterocycles. The summed E-state index contributed by atoms with van der Waals surface area (Å²) >= 11 is 0. The molecular formula is C47H84O17P2. The minimum absolute atomic E-state index is 0.0652. The third-order valence-corrected chi connectivity index (χ3v) is 12.5. The molecule has 0 radical (unpaired) electrons. The van der Waals surface area contributed by atoms with E-state index in [1.54, 1.807) is 6.08 Å². The van der Waals surface area contributed by atoms with Crippen molar-refractivity contribution in [1.29, 1.82) is 0 Å². The Bertz CT molecular complexity index is 1480. The molecular weight excluding hydrogens is 898 g/mol. The molecule has 1 aliphatic carbocycles. The van der Waals surface area contributed by atoms with Crippen LogP contribution in [0.4, 0.5) is 0 Å². The number of allylic oxidation sites excluding steroid dienone is 6. The summed E-state index contributed by atoms with van der Waals surface area (Å²) in [5.74, 6) is -1.31. The minimum Gasteiger partial charge on any atom is -0.462 e. The second kappa shape index (κ2) is 37.8. The van der Waals surface area contributed by atoms with Gasteiger partial charge in [-0.05, 0) is 44.9 Å². The van der Waals surface area contributed by atoms with E-state index in [0.717, 1.165) is 38.5 Å². The number of aliphatic hydroxyl groups is 5. The summed E-state index contributed by atoms with van der Waals surface area (Å²) in [5.41, 5.74) is 0. The Balaban J connectivity index is 2.65. The Hall–Kier alpha value is -2.08. The normalized spacial score (nSPS) is 22.4. The standard InChI is InChI=1S/C47H84O17P2/c1-3-5-7-9-11-12-13-14-15-16-17-18-22-26-30-34-40(49)60-36-39(37-61-66(58,59)64-47-44(53)42(51)43(52)46(45(47)54)63-65(55,56)57)62-41(50)35-31-27-23-19-21-25-29-33-38(48)32-28-24-20-10-8-6-4-2/h19-20,23-25,28-29,32,38-39,42-48,51-54H,3-18,21-22,26-27,30-31,33-37H2,1-2H3,(H,58,59)(H2,55,56,57)/b23-19+,24-20-,29-25-,32-28-/t38-,39+,42?,43?,44?,45?,46+,47-/m0/s1. The molecule has 0 heterocycles. The molecule has 19 heteroatoms. The average Bonchev–Trinajstić information content (AvgIpc) is 3.27. The van der Waals surface area contributed by atoms with Gasteiger partial charge in [0, 0.05) is 12.8 Å². The molecule has 1 rings (SSSR count). The smallest absolute Gasteiger partial charge is 0.462 e. The van der Waals surface area contributed by atoms with E-state index in [1.807, 2.05) is 36.5 Å². The molecule has 8 N–H and O–H groups in total. The van der Waals surface area contributed by atoms with Crippen molar-refractivity contribution in [1.82, 2.24) is 0 Å². The zero-order valence-electron chi connectivity index (χ0n) is 39.5. The number of hydrogen-bond donors (Lipinski definition) is 8. The maximum absolute atomic E-state index is 13.0. The van der Waals surface area contributed by atoms with Gasteiger partial charge in [-0.1, -0.05) is 165 Å². The molecule has 0 aromatic heterocycles. The quantitative estimate of drug-likeness (QED) is 0.00943. The summed E-state index contributed by atoms with van der Waals surface area (Å²) < 4.78 is 49.3. The van der Waals surface area contributed by atoms with Crippen molar-refractivity contribution in [3.05, 3.63) is 48.6 Å². The van der Waals surface area contributed by atoms with Crippen LogP contribution in [-0.2, 0) is 41.8 Å². The first-order valence-electron chi connectivity index (χ1n) is 24.3. The SMILES string of the molecule is CCCCC/C=C\C=C/[C@H](O)C/C=C\C/C=C/CCCC(=O)O[C@H](COC(=O)CCCCCCCCCCCCCCCCC)COP(=O)(O)O[C@H]1C(O)C(O)C(O)[C@@H](OP(=O)(O)O)C1O. The van der Waals surface area contributed by atoms with Crippen LogP contribution >= 0.6 is 15.6 Å². The molecule has 0 aromatic carbocycles. The molecule has 66 heavy (non-hydrogen) atoms. The molecule has 0 aromatic rings. The van der Waals surface area contributed by atoms with Crippen LogP contribution in [0.5, 0.6) is 0 Å². The van der Waals surface area contributed by atoms with Crippen LogP contribution in [0.2, 0.25) is 0 Å². The topological polar surface area (TPSA) is 276 Å². The largest absolute Gasteiger partial charge is 0.472 e. The van der Waals surface area contributed by atoms with E-state index in [1.165, 1.54) is 77.0 Å². The molecule has 1 aliphatic rings. The summed E-state index contributed by atoms with van der Waals surface area (Å²) in [7, 11) is -10.7. The Labute approximate surface area is 393 Å². The summed E-state index contributed by atoms with van der Waals surface area (Å²) in [5, 5.41) is 51.3. The van der Waals surface area contributed by atoms with E-state index >= 15 is 0 Å². The first-order chi connectivity index (χ1) is 31.5. The minimum atomic E-state index is -5.38. The van der Waals surface area contributed by atoms with Gasteiger partial charge in [0.05, 0.1) is 12.7 Å². The highest BCUT2D eigenvalue weighted by Crippen LogP contribution is 2.49. The van der Waals surface area contributed by atoms with Gasteiger partial charge in [0.25, 0.3) is 0 Å². The van der Waals surface area contributed by atoms with Gasteiger partial charge in [-0.25, -0.2) is 9.13 Å². The first-order valence-corrected chi connectivity index (χ1v) is 27.3. The second-order valence-corrected chi connectivity index (χ2v) is 19.6. The van der Waals surface area contributed by atoms with Gasteiger partial charge in [-0.3, -0.25) is 23.2 Å². The number of rotatable bonds is 40. The van der Waals surface area contributed by atoms with Crippen molar-refractivity contribution < 1.29 is 82.0 Å². The number of carbonyl (C=O) groups is 2. The summed E-state index contributed by atoms with van der Waals surface area (Å²) in [6.45, 7) is 2.97. The number of unbranched alkanes of at least 4 members (excludes halogenated alkanes) is 18. The summed E-state index contributed by atoms with van der Waals surface area (Å²) in [4.78, 5) is 54.3.